The molecular formula is C20H19N7OS. The molecule has 0 spiro atoms. The molecule has 2 aromatic carbocycles. The second kappa shape index (κ2) is 8.70. The van der Waals surface area contributed by atoms with E-state index in [1.54, 1.807) is 17.3 Å². The zero-order chi connectivity index (χ0) is 20.1. The Balaban J connectivity index is 1.33. The number of aromatic nitrogens is 6. The lowest BCUT2D eigenvalue weighted by Crippen LogP contribution is -2.16. The minimum absolute atomic E-state index is 0.178. The molecular weight excluding hydrogens is 386 g/mol. The predicted octanol–water partition coefficient (Wildman–Crippen LogP) is 2.95. The Morgan fingerprint density at radius 3 is 2.66 bits per heavy atom. The van der Waals surface area contributed by atoms with Gasteiger partial charge in [-0.3, -0.25) is 14.7 Å². The van der Waals surface area contributed by atoms with E-state index >= 15 is 0 Å². The number of amides is 1. The van der Waals surface area contributed by atoms with Crippen molar-refractivity contribution in [3.8, 4) is 5.69 Å². The Morgan fingerprint density at radius 2 is 1.86 bits per heavy atom. The summed E-state index contributed by atoms with van der Waals surface area (Å²) in [6.07, 6.45) is 3.24. The van der Waals surface area contributed by atoms with E-state index in [2.05, 4.69) is 25.6 Å². The maximum Gasteiger partial charge on any atom is 0.248 e. The van der Waals surface area contributed by atoms with Crippen LogP contribution in [0, 0.1) is 6.92 Å². The van der Waals surface area contributed by atoms with E-state index in [4.69, 9.17) is 0 Å². The average Bonchev–Trinajstić information content (AvgIpc) is 3.37. The average molecular weight is 405 g/mol. The fourth-order valence-electron chi connectivity index (χ4n) is 2.69. The molecule has 1 amide bonds. The SMILES string of the molecule is Cc1ccc(-n2cnnc2SCC(=O)Nc2ncn(Cc3ccccc3)n2)cc1. The minimum Gasteiger partial charge on any atom is -0.292 e. The van der Waals surface area contributed by atoms with Gasteiger partial charge in [0.1, 0.15) is 12.7 Å². The molecule has 4 rings (SSSR count). The monoisotopic (exact) mass is 405 g/mol. The molecule has 9 heteroatoms. The van der Waals surface area contributed by atoms with Crippen LogP contribution in [0.3, 0.4) is 0 Å². The number of carbonyl (C=O) groups excluding carboxylic acids is 1. The molecule has 0 fully saturated rings. The van der Waals surface area contributed by atoms with Gasteiger partial charge in [-0.1, -0.05) is 59.8 Å². The van der Waals surface area contributed by atoms with E-state index < -0.39 is 0 Å². The summed E-state index contributed by atoms with van der Waals surface area (Å²) < 4.78 is 3.54. The third-order valence-electron chi connectivity index (χ3n) is 4.14. The predicted molar refractivity (Wildman–Crippen MR) is 111 cm³/mol. The van der Waals surface area contributed by atoms with Gasteiger partial charge in [-0.15, -0.1) is 15.3 Å². The highest BCUT2D eigenvalue weighted by molar-refractivity contribution is 7.99. The largest absolute Gasteiger partial charge is 0.292 e. The highest BCUT2D eigenvalue weighted by Crippen LogP contribution is 2.20. The molecule has 8 nitrogen and oxygen atoms in total. The fraction of sp³-hybridized carbons (Fsp3) is 0.150. The van der Waals surface area contributed by atoms with Gasteiger partial charge in [-0.05, 0) is 24.6 Å². The quantitative estimate of drug-likeness (QED) is 0.476. The van der Waals surface area contributed by atoms with Crippen molar-refractivity contribution in [3.63, 3.8) is 0 Å². The Morgan fingerprint density at radius 1 is 1.07 bits per heavy atom. The lowest BCUT2D eigenvalue weighted by atomic mass is 10.2. The number of anilines is 1. The van der Waals surface area contributed by atoms with E-state index in [0.717, 1.165) is 11.3 Å². The molecule has 0 saturated heterocycles. The van der Waals surface area contributed by atoms with Gasteiger partial charge in [0, 0.05) is 5.69 Å². The van der Waals surface area contributed by atoms with Crippen molar-refractivity contribution in [1.29, 1.82) is 0 Å². The summed E-state index contributed by atoms with van der Waals surface area (Å²) in [7, 11) is 0. The highest BCUT2D eigenvalue weighted by atomic mass is 32.2. The van der Waals surface area contributed by atoms with E-state index in [1.165, 1.54) is 17.3 Å². The van der Waals surface area contributed by atoms with Gasteiger partial charge in [0.25, 0.3) is 0 Å². The number of aryl methyl sites for hydroxylation is 1. The van der Waals surface area contributed by atoms with Crippen LogP contribution in [0.5, 0.6) is 0 Å². The molecule has 0 atom stereocenters. The number of nitrogens with one attached hydrogen (secondary N) is 1. The third-order valence-corrected chi connectivity index (χ3v) is 5.08. The standard InChI is InChI=1S/C20H19N7OS/c1-15-7-9-17(10-8-15)27-14-22-24-20(27)29-12-18(28)23-19-21-13-26(25-19)11-16-5-3-2-4-6-16/h2-10,13-14H,11-12H2,1H3,(H,23,25,28). The highest BCUT2D eigenvalue weighted by Gasteiger charge is 2.12. The van der Waals surface area contributed by atoms with Gasteiger partial charge in [0.05, 0.1) is 12.3 Å². The fourth-order valence-corrected chi connectivity index (χ4v) is 3.42. The summed E-state index contributed by atoms with van der Waals surface area (Å²) in [6, 6.07) is 18.0. The zero-order valence-electron chi connectivity index (χ0n) is 15.8. The number of thioether (sulfide) groups is 1. The zero-order valence-corrected chi connectivity index (χ0v) is 16.6. The van der Waals surface area contributed by atoms with E-state index in [1.807, 2.05) is 66.1 Å². The van der Waals surface area contributed by atoms with Crippen LogP contribution in [0.2, 0.25) is 0 Å². The van der Waals surface area contributed by atoms with Crippen LogP contribution in [0.15, 0.2) is 72.4 Å². The van der Waals surface area contributed by atoms with Crippen molar-refractivity contribution in [1.82, 2.24) is 29.5 Å². The van der Waals surface area contributed by atoms with Crippen LogP contribution in [-0.2, 0) is 11.3 Å². The maximum absolute atomic E-state index is 12.3. The number of hydrogen-bond donors (Lipinski definition) is 1. The van der Waals surface area contributed by atoms with Crippen LogP contribution in [0.1, 0.15) is 11.1 Å². The lowest BCUT2D eigenvalue weighted by molar-refractivity contribution is -0.113. The third kappa shape index (κ3) is 4.88. The van der Waals surface area contributed by atoms with Gasteiger partial charge in [0.15, 0.2) is 5.16 Å². The van der Waals surface area contributed by atoms with Crippen LogP contribution in [-0.4, -0.2) is 41.2 Å². The molecule has 0 aliphatic carbocycles. The summed E-state index contributed by atoms with van der Waals surface area (Å²) in [6.45, 7) is 2.63. The molecule has 0 radical (unpaired) electrons. The summed E-state index contributed by atoms with van der Waals surface area (Å²) in [5.41, 5.74) is 3.24. The van der Waals surface area contributed by atoms with Crippen molar-refractivity contribution in [3.05, 3.63) is 78.4 Å². The van der Waals surface area contributed by atoms with Crippen LogP contribution in [0.4, 0.5) is 5.95 Å². The number of rotatable bonds is 7. The number of hydrogen-bond acceptors (Lipinski definition) is 6. The first-order chi connectivity index (χ1) is 14.2. The molecule has 0 aliphatic heterocycles. The number of benzene rings is 2. The van der Waals surface area contributed by atoms with Crippen molar-refractivity contribution in [2.75, 3.05) is 11.1 Å². The molecule has 0 aliphatic rings. The second-order valence-corrected chi connectivity index (χ2v) is 7.35. The summed E-state index contributed by atoms with van der Waals surface area (Å²) in [5.74, 6) is 0.259. The first-order valence-corrected chi connectivity index (χ1v) is 9.99. The summed E-state index contributed by atoms with van der Waals surface area (Å²) in [4.78, 5) is 16.4. The molecule has 1 N–H and O–H groups in total. The van der Waals surface area contributed by atoms with Crippen molar-refractivity contribution >= 4 is 23.6 Å². The molecule has 4 aromatic rings. The van der Waals surface area contributed by atoms with Gasteiger partial charge in [-0.25, -0.2) is 9.67 Å². The molecule has 0 saturated carbocycles. The number of nitrogens with zero attached hydrogens (tertiary/aromatic N) is 6. The summed E-state index contributed by atoms with van der Waals surface area (Å²) >= 11 is 1.30. The molecule has 146 valence electrons. The van der Waals surface area contributed by atoms with Gasteiger partial charge in [-0.2, -0.15) is 0 Å². The van der Waals surface area contributed by atoms with E-state index in [0.29, 0.717) is 11.7 Å². The smallest absolute Gasteiger partial charge is 0.248 e. The Labute approximate surface area is 172 Å². The molecule has 2 heterocycles. The van der Waals surface area contributed by atoms with Crippen LogP contribution in [0.25, 0.3) is 5.69 Å². The van der Waals surface area contributed by atoms with E-state index in [-0.39, 0.29) is 17.6 Å². The molecule has 29 heavy (non-hydrogen) atoms. The topological polar surface area (TPSA) is 90.5 Å². The van der Waals surface area contributed by atoms with Gasteiger partial charge in [0.2, 0.25) is 11.9 Å². The maximum atomic E-state index is 12.3. The van der Waals surface area contributed by atoms with Crippen molar-refractivity contribution in [2.24, 2.45) is 0 Å². The van der Waals surface area contributed by atoms with Crippen LogP contribution < -0.4 is 5.32 Å². The Hall–Kier alpha value is -3.46. The molecule has 0 bridgehead atoms. The Kier molecular flexibility index (Phi) is 5.66. The van der Waals surface area contributed by atoms with E-state index in [9.17, 15) is 4.79 Å². The van der Waals surface area contributed by atoms with Crippen molar-refractivity contribution in [2.45, 2.75) is 18.6 Å². The normalized spacial score (nSPS) is 10.8. The summed E-state index contributed by atoms with van der Waals surface area (Å²) in [5, 5.41) is 15.7. The van der Waals surface area contributed by atoms with Gasteiger partial charge >= 0.3 is 0 Å². The Bertz CT molecular complexity index is 1090. The first kappa shape index (κ1) is 18.9. The minimum atomic E-state index is -0.203. The first-order valence-electron chi connectivity index (χ1n) is 9.00. The van der Waals surface area contributed by atoms with Crippen LogP contribution >= 0.6 is 11.8 Å². The number of carbonyl (C=O) groups is 1. The lowest BCUT2D eigenvalue weighted by Gasteiger charge is -2.06. The molecule has 2 aromatic heterocycles. The molecule has 0 unspecified atom stereocenters. The van der Waals surface area contributed by atoms with Gasteiger partial charge < -0.3 is 0 Å². The second-order valence-electron chi connectivity index (χ2n) is 6.41. The van der Waals surface area contributed by atoms with Crippen molar-refractivity contribution < 1.29 is 4.79 Å².